The molecular weight excluding hydrogens is 270 g/mol. The summed E-state index contributed by atoms with van der Waals surface area (Å²) in [4.78, 5) is 25.6. The van der Waals surface area contributed by atoms with Crippen molar-refractivity contribution in [1.82, 2.24) is 4.90 Å². The van der Waals surface area contributed by atoms with Crippen molar-refractivity contribution in [2.24, 2.45) is 0 Å². The average molecular weight is 289 g/mol. The van der Waals surface area contributed by atoms with Crippen molar-refractivity contribution in [2.75, 3.05) is 6.61 Å². The number of nitrogens with zero attached hydrogens (tertiary/aromatic N) is 1. The van der Waals surface area contributed by atoms with E-state index in [1.165, 1.54) is 4.90 Å². The van der Waals surface area contributed by atoms with Gasteiger partial charge in [-0.2, -0.15) is 0 Å². The van der Waals surface area contributed by atoms with Gasteiger partial charge in [-0.15, -0.1) is 0 Å². The van der Waals surface area contributed by atoms with Crippen molar-refractivity contribution in [3.8, 4) is 0 Å². The number of carbonyl (C=O) groups excluding carboxylic acids is 1. The molecule has 0 aromatic heterocycles. The summed E-state index contributed by atoms with van der Waals surface area (Å²) in [5, 5.41) is 9.45. The van der Waals surface area contributed by atoms with Crippen LogP contribution in [-0.2, 0) is 27.3 Å². The second kappa shape index (κ2) is 5.85. The first-order valence-electron chi connectivity index (χ1n) is 7.38. The van der Waals surface area contributed by atoms with Crippen LogP contribution < -0.4 is 0 Å². The van der Waals surface area contributed by atoms with Crippen LogP contribution >= 0.6 is 0 Å². The van der Waals surface area contributed by atoms with Crippen LogP contribution in [0.5, 0.6) is 0 Å². The molecule has 0 radical (unpaired) electrons. The highest BCUT2D eigenvalue weighted by Gasteiger charge is 2.38. The maximum Gasteiger partial charge on any atom is 0.326 e. The molecule has 1 amide bonds. The summed E-state index contributed by atoms with van der Waals surface area (Å²) in [5.74, 6) is -1.13. The first kappa shape index (κ1) is 14.1. The van der Waals surface area contributed by atoms with E-state index >= 15 is 0 Å². The summed E-state index contributed by atoms with van der Waals surface area (Å²) in [6, 6.07) is 6.91. The molecule has 1 aromatic carbocycles. The zero-order chi connectivity index (χ0) is 14.8. The van der Waals surface area contributed by atoms with Crippen molar-refractivity contribution < 1.29 is 19.4 Å². The third-order valence-corrected chi connectivity index (χ3v) is 4.27. The minimum atomic E-state index is -0.950. The number of hydrogen-bond donors (Lipinski definition) is 1. The van der Waals surface area contributed by atoms with Crippen LogP contribution in [0.1, 0.15) is 30.4 Å². The van der Waals surface area contributed by atoms with E-state index in [-0.39, 0.29) is 5.91 Å². The second-order valence-electron chi connectivity index (χ2n) is 5.65. The molecule has 0 aliphatic carbocycles. The predicted octanol–water partition coefficient (Wildman–Crippen LogP) is 1.59. The van der Waals surface area contributed by atoms with E-state index in [2.05, 4.69) is 0 Å². The van der Waals surface area contributed by atoms with Crippen molar-refractivity contribution in [2.45, 2.75) is 44.4 Å². The Kier molecular flexibility index (Phi) is 3.92. The number of carbonyl (C=O) groups is 2. The Morgan fingerprint density at radius 2 is 1.95 bits per heavy atom. The van der Waals surface area contributed by atoms with Crippen molar-refractivity contribution in [3.63, 3.8) is 0 Å². The van der Waals surface area contributed by atoms with Crippen molar-refractivity contribution in [3.05, 3.63) is 35.4 Å². The van der Waals surface area contributed by atoms with E-state index in [0.717, 1.165) is 24.0 Å². The summed E-state index contributed by atoms with van der Waals surface area (Å²) in [6.07, 6.45) is 2.49. The van der Waals surface area contributed by atoms with Gasteiger partial charge in [-0.05, 0) is 30.4 Å². The maximum atomic E-state index is 12.6. The lowest BCUT2D eigenvalue weighted by atomic mass is 9.93. The van der Waals surface area contributed by atoms with Gasteiger partial charge in [-0.3, -0.25) is 4.79 Å². The van der Waals surface area contributed by atoms with Crippen LogP contribution in [0.25, 0.3) is 0 Å². The number of ether oxygens (including phenoxy) is 1. The Bertz CT molecular complexity index is 551. The average Bonchev–Trinajstić information content (AvgIpc) is 2.53. The summed E-state index contributed by atoms with van der Waals surface area (Å²) >= 11 is 0. The number of benzene rings is 1. The molecule has 1 unspecified atom stereocenters. The van der Waals surface area contributed by atoms with Gasteiger partial charge in [0.15, 0.2) is 0 Å². The quantitative estimate of drug-likeness (QED) is 0.898. The normalized spacial score (nSPS) is 25.2. The fourth-order valence-corrected chi connectivity index (χ4v) is 3.10. The molecule has 2 aliphatic rings. The van der Waals surface area contributed by atoms with Gasteiger partial charge in [0.2, 0.25) is 0 Å². The topological polar surface area (TPSA) is 66.8 Å². The van der Waals surface area contributed by atoms with E-state index in [0.29, 0.717) is 26.0 Å². The summed E-state index contributed by atoms with van der Waals surface area (Å²) in [7, 11) is 0. The fourth-order valence-electron chi connectivity index (χ4n) is 3.10. The molecule has 1 N–H and O–H groups in total. The zero-order valence-electron chi connectivity index (χ0n) is 11.8. The van der Waals surface area contributed by atoms with Crippen LogP contribution in [0.15, 0.2) is 24.3 Å². The van der Waals surface area contributed by atoms with Gasteiger partial charge in [0, 0.05) is 19.6 Å². The zero-order valence-corrected chi connectivity index (χ0v) is 11.8. The molecular formula is C16H19NO4. The Hall–Kier alpha value is -1.88. The highest BCUT2D eigenvalue weighted by molar-refractivity contribution is 5.87. The molecule has 2 atom stereocenters. The summed E-state index contributed by atoms with van der Waals surface area (Å²) in [6.45, 7) is 0.935. The minimum Gasteiger partial charge on any atom is -0.480 e. The maximum absolute atomic E-state index is 12.6. The van der Waals surface area contributed by atoms with E-state index in [4.69, 9.17) is 4.74 Å². The number of hydrogen-bond acceptors (Lipinski definition) is 3. The van der Waals surface area contributed by atoms with Crippen LogP contribution in [0.4, 0.5) is 0 Å². The first-order chi connectivity index (χ1) is 10.2. The number of carboxylic acid groups (broad SMARTS) is 1. The fraction of sp³-hybridized carbons (Fsp3) is 0.500. The molecule has 1 fully saturated rings. The lowest BCUT2D eigenvalue weighted by molar-refractivity contribution is -0.159. The molecule has 0 bridgehead atoms. The molecule has 112 valence electrons. The molecule has 21 heavy (non-hydrogen) atoms. The molecule has 1 saturated heterocycles. The molecule has 1 aromatic rings. The molecule has 2 heterocycles. The van der Waals surface area contributed by atoms with Gasteiger partial charge >= 0.3 is 5.97 Å². The minimum absolute atomic E-state index is 0.184. The van der Waals surface area contributed by atoms with Gasteiger partial charge in [0.05, 0.1) is 0 Å². The Morgan fingerprint density at radius 1 is 1.19 bits per heavy atom. The number of rotatable bonds is 2. The molecule has 3 rings (SSSR count). The molecule has 2 aliphatic heterocycles. The number of aliphatic carboxylic acids is 1. The molecule has 5 heteroatoms. The third-order valence-electron chi connectivity index (χ3n) is 4.27. The van der Waals surface area contributed by atoms with Crippen LogP contribution in [0.2, 0.25) is 0 Å². The largest absolute Gasteiger partial charge is 0.480 e. The Balaban J connectivity index is 1.85. The van der Waals surface area contributed by atoms with Crippen LogP contribution in [0.3, 0.4) is 0 Å². The number of carboxylic acids is 1. The van der Waals surface area contributed by atoms with E-state index in [9.17, 15) is 14.7 Å². The van der Waals surface area contributed by atoms with Crippen molar-refractivity contribution >= 4 is 11.9 Å². The first-order valence-corrected chi connectivity index (χ1v) is 7.38. The number of fused-ring (bicyclic) bond motifs is 1. The Morgan fingerprint density at radius 3 is 2.62 bits per heavy atom. The van der Waals surface area contributed by atoms with Crippen LogP contribution in [0, 0.1) is 0 Å². The lowest BCUT2D eigenvalue weighted by Gasteiger charge is -2.37. The van der Waals surface area contributed by atoms with E-state index in [1.807, 2.05) is 24.3 Å². The third kappa shape index (κ3) is 2.78. The van der Waals surface area contributed by atoms with Gasteiger partial charge in [-0.25, -0.2) is 4.79 Å². The molecule has 0 spiro atoms. The van der Waals surface area contributed by atoms with Gasteiger partial charge in [0.25, 0.3) is 5.91 Å². The van der Waals surface area contributed by atoms with E-state index < -0.39 is 18.1 Å². The monoisotopic (exact) mass is 289 g/mol. The predicted molar refractivity (Wildman–Crippen MR) is 75.7 cm³/mol. The van der Waals surface area contributed by atoms with Gasteiger partial charge in [0.1, 0.15) is 12.1 Å². The second-order valence-corrected chi connectivity index (χ2v) is 5.65. The van der Waals surface area contributed by atoms with E-state index in [1.54, 1.807) is 0 Å². The molecule has 0 saturated carbocycles. The number of amides is 1. The highest BCUT2D eigenvalue weighted by atomic mass is 16.5. The summed E-state index contributed by atoms with van der Waals surface area (Å²) < 4.78 is 5.52. The van der Waals surface area contributed by atoms with Gasteiger partial charge in [-0.1, -0.05) is 24.3 Å². The Labute approximate surface area is 123 Å². The summed E-state index contributed by atoms with van der Waals surface area (Å²) in [5.41, 5.74) is 2.04. The SMILES string of the molecule is O=C(O)[C@H]1Cc2ccccc2CN1C(=O)C1CCCCO1. The lowest BCUT2D eigenvalue weighted by Crippen LogP contribution is -2.52. The van der Waals surface area contributed by atoms with Gasteiger partial charge < -0.3 is 14.7 Å². The van der Waals surface area contributed by atoms with Crippen LogP contribution in [-0.4, -0.2) is 40.6 Å². The van der Waals surface area contributed by atoms with Crippen molar-refractivity contribution in [1.29, 1.82) is 0 Å². The smallest absolute Gasteiger partial charge is 0.326 e. The standard InChI is InChI=1S/C16H19NO4/c18-15(14-7-3-4-8-21-14)17-10-12-6-2-1-5-11(12)9-13(17)16(19)20/h1-2,5-6,13-14H,3-4,7-10H2,(H,19,20)/t13-,14?/m1/s1. The highest BCUT2D eigenvalue weighted by Crippen LogP contribution is 2.26. The molecule has 5 nitrogen and oxygen atoms in total.